The maximum Gasteiger partial charge on any atom is 0.251 e. The van der Waals surface area contributed by atoms with Gasteiger partial charge in [0.1, 0.15) is 0 Å². The lowest BCUT2D eigenvalue weighted by atomic mass is 10.1. The highest BCUT2D eigenvalue weighted by molar-refractivity contribution is 5.99. The van der Waals surface area contributed by atoms with Gasteiger partial charge in [-0.2, -0.15) is 0 Å². The third kappa shape index (κ3) is 3.94. The third-order valence-corrected chi connectivity index (χ3v) is 4.55. The van der Waals surface area contributed by atoms with Gasteiger partial charge in [-0.1, -0.05) is 0 Å². The number of H-pyrrole nitrogens is 1. The second-order valence-corrected chi connectivity index (χ2v) is 6.82. The van der Waals surface area contributed by atoms with Crippen LogP contribution in [0.4, 0.5) is 0 Å². The van der Waals surface area contributed by atoms with Gasteiger partial charge >= 0.3 is 0 Å². The number of hydrogen-bond donors (Lipinski definition) is 2. The molecule has 0 bridgehead atoms. The Balaban J connectivity index is 2.02. The summed E-state index contributed by atoms with van der Waals surface area (Å²) in [5.41, 5.74) is 4.17. The summed E-state index contributed by atoms with van der Waals surface area (Å²) in [5.74, 6) is -0.00221. The molecule has 0 aliphatic carbocycles. The van der Waals surface area contributed by atoms with E-state index in [1.54, 1.807) is 0 Å². The Hall–Kier alpha value is -1.81. The van der Waals surface area contributed by atoms with Crippen molar-refractivity contribution in [1.29, 1.82) is 0 Å². The van der Waals surface area contributed by atoms with Crippen molar-refractivity contribution in [3.05, 3.63) is 35.0 Å². The van der Waals surface area contributed by atoms with Gasteiger partial charge in [0, 0.05) is 47.3 Å². The summed E-state index contributed by atoms with van der Waals surface area (Å²) in [7, 11) is 0. The molecule has 0 saturated carbocycles. The SMILES string of the molecule is Cc1[nH]c2ccc(C(=O)NCCN(C(C)C)C(C)C)cc2c1C. The number of carbonyl (C=O) groups is 1. The Kier molecular flexibility index (Phi) is 5.47. The largest absolute Gasteiger partial charge is 0.358 e. The van der Waals surface area contributed by atoms with E-state index in [-0.39, 0.29) is 5.91 Å². The predicted octanol–water partition coefficient (Wildman–Crippen LogP) is 3.63. The van der Waals surface area contributed by atoms with Gasteiger partial charge in [0.15, 0.2) is 0 Å². The van der Waals surface area contributed by atoms with Crippen molar-refractivity contribution in [2.75, 3.05) is 13.1 Å². The van der Waals surface area contributed by atoms with Crippen LogP contribution in [0.25, 0.3) is 10.9 Å². The van der Waals surface area contributed by atoms with E-state index in [4.69, 9.17) is 0 Å². The van der Waals surface area contributed by atoms with Crippen molar-refractivity contribution in [1.82, 2.24) is 15.2 Å². The van der Waals surface area contributed by atoms with Gasteiger partial charge in [0.25, 0.3) is 5.91 Å². The lowest BCUT2D eigenvalue weighted by Gasteiger charge is -2.30. The molecule has 0 saturated heterocycles. The van der Waals surface area contributed by atoms with Gasteiger partial charge in [-0.3, -0.25) is 9.69 Å². The van der Waals surface area contributed by atoms with Crippen LogP contribution in [0.2, 0.25) is 0 Å². The van der Waals surface area contributed by atoms with Crippen molar-refractivity contribution >= 4 is 16.8 Å². The monoisotopic (exact) mass is 315 g/mol. The number of aryl methyl sites for hydroxylation is 2. The molecular formula is C19H29N3O. The van der Waals surface area contributed by atoms with Crippen LogP contribution >= 0.6 is 0 Å². The number of aromatic nitrogens is 1. The summed E-state index contributed by atoms with van der Waals surface area (Å²) >= 11 is 0. The van der Waals surface area contributed by atoms with Crippen LogP contribution in [0.15, 0.2) is 18.2 Å². The van der Waals surface area contributed by atoms with Crippen molar-refractivity contribution in [3.8, 4) is 0 Å². The molecule has 2 rings (SSSR count). The summed E-state index contributed by atoms with van der Waals surface area (Å²) in [6, 6.07) is 6.81. The second kappa shape index (κ2) is 7.18. The number of hydrogen-bond acceptors (Lipinski definition) is 2. The minimum Gasteiger partial charge on any atom is -0.358 e. The average molecular weight is 315 g/mol. The number of rotatable bonds is 6. The number of nitrogens with zero attached hydrogens (tertiary/aromatic N) is 1. The highest BCUT2D eigenvalue weighted by atomic mass is 16.1. The fraction of sp³-hybridized carbons (Fsp3) is 0.526. The normalized spacial score (nSPS) is 11.9. The molecule has 1 aromatic heterocycles. The molecule has 23 heavy (non-hydrogen) atoms. The molecular weight excluding hydrogens is 286 g/mol. The van der Waals surface area contributed by atoms with Gasteiger partial charge in [0.05, 0.1) is 0 Å². The van der Waals surface area contributed by atoms with Gasteiger partial charge in [-0.15, -0.1) is 0 Å². The van der Waals surface area contributed by atoms with Gasteiger partial charge in [-0.25, -0.2) is 0 Å². The molecule has 0 spiro atoms. The predicted molar refractivity (Wildman–Crippen MR) is 97.1 cm³/mol. The smallest absolute Gasteiger partial charge is 0.251 e. The van der Waals surface area contributed by atoms with E-state index in [9.17, 15) is 4.79 Å². The molecule has 0 aliphatic rings. The highest BCUT2D eigenvalue weighted by Crippen LogP contribution is 2.22. The third-order valence-electron chi connectivity index (χ3n) is 4.55. The molecule has 1 aromatic carbocycles. The Labute approximate surface area is 139 Å². The lowest BCUT2D eigenvalue weighted by molar-refractivity contribution is 0.0939. The van der Waals surface area contributed by atoms with Gasteiger partial charge in [0.2, 0.25) is 0 Å². The number of carbonyl (C=O) groups excluding carboxylic acids is 1. The maximum absolute atomic E-state index is 12.4. The minimum atomic E-state index is -0.00221. The molecule has 2 N–H and O–H groups in total. The summed E-state index contributed by atoms with van der Waals surface area (Å²) in [4.78, 5) is 18.1. The van der Waals surface area contributed by atoms with Gasteiger partial charge in [-0.05, 0) is 65.3 Å². The first-order valence-electron chi connectivity index (χ1n) is 8.44. The molecule has 0 atom stereocenters. The zero-order valence-corrected chi connectivity index (χ0v) is 15.2. The van der Waals surface area contributed by atoms with Crippen LogP contribution in [-0.2, 0) is 0 Å². The Morgan fingerprint density at radius 2 is 1.83 bits per heavy atom. The number of benzene rings is 1. The molecule has 0 fully saturated rings. The molecule has 0 aliphatic heterocycles. The van der Waals surface area contributed by atoms with Crippen molar-refractivity contribution in [3.63, 3.8) is 0 Å². The molecule has 4 heteroatoms. The number of amides is 1. The molecule has 4 nitrogen and oxygen atoms in total. The minimum absolute atomic E-state index is 0.00221. The fourth-order valence-electron chi connectivity index (χ4n) is 3.12. The topological polar surface area (TPSA) is 48.1 Å². The van der Waals surface area contributed by atoms with E-state index in [0.717, 1.165) is 28.7 Å². The molecule has 0 unspecified atom stereocenters. The lowest BCUT2D eigenvalue weighted by Crippen LogP contribution is -2.42. The standard InChI is InChI=1S/C19H29N3O/c1-12(2)22(13(3)4)10-9-20-19(23)16-7-8-18-17(11-16)14(5)15(6)21-18/h7-8,11-13,21H,9-10H2,1-6H3,(H,20,23). The number of aromatic amines is 1. The van der Waals surface area contributed by atoms with Crippen LogP contribution < -0.4 is 5.32 Å². The Bertz CT molecular complexity index is 677. The maximum atomic E-state index is 12.4. The zero-order valence-electron chi connectivity index (χ0n) is 15.2. The summed E-state index contributed by atoms with van der Waals surface area (Å²) in [5, 5.41) is 4.17. The van der Waals surface area contributed by atoms with E-state index >= 15 is 0 Å². The van der Waals surface area contributed by atoms with Crippen molar-refractivity contribution in [2.45, 2.75) is 53.6 Å². The zero-order chi connectivity index (χ0) is 17.1. The fourth-order valence-corrected chi connectivity index (χ4v) is 3.12. The van der Waals surface area contributed by atoms with E-state index in [2.05, 4.69) is 56.7 Å². The Morgan fingerprint density at radius 3 is 2.43 bits per heavy atom. The second-order valence-electron chi connectivity index (χ2n) is 6.82. The van der Waals surface area contributed by atoms with E-state index in [0.29, 0.717) is 18.6 Å². The molecule has 1 amide bonds. The van der Waals surface area contributed by atoms with Crippen molar-refractivity contribution < 1.29 is 4.79 Å². The number of nitrogens with one attached hydrogen (secondary N) is 2. The first-order valence-corrected chi connectivity index (χ1v) is 8.44. The number of fused-ring (bicyclic) bond motifs is 1. The molecule has 1 heterocycles. The molecule has 126 valence electrons. The molecule has 0 radical (unpaired) electrons. The van der Waals surface area contributed by atoms with Crippen LogP contribution in [-0.4, -0.2) is 41.0 Å². The van der Waals surface area contributed by atoms with Crippen molar-refractivity contribution in [2.24, 2.45) is 0 Å². The summed E-state index contributed by atoms with van der Waals surface area (Å²) in [6.45, 7) is 14.4. The Morgan fingerprint density at radius 1 is 1.17 bits per heavy atom. The van der Waals surface area contributed by atoms with Crippen LogP contribution in [0, 0.1) is 13.8 Å². The van der Waals surface area contributed by atoms with E-state index < -0.39 is 0 Å². The van der Waals surface area contributed by atoms with Crippen LogP contribution in [0.5, 0.6) is 0 Å². The van der Waals surface area contributed by atoms with E-state index in [1.165, 1.54) is 5.56 Å². The first-order chi connectivity index (χ1) is 10.8. The van der Waals surface area contributed by atoms with Gasteiger partial charge < -0.3 is 10.3 Å². The highest BCUT2D eigenvalue weighted by Gasteiger charge is 2.14. The summed E-state index contributed by atoms with van der Waals surface area (Å²) < 4.78 is 0. The average Bonchev–Trinajstić information content (AvgIpc) is 2.77. The van der Waals surface area contributed by atoms with Crippen LogP contribution in [0.3, 0.4) is 0 Å². The first kappa shape index (κ1) is 17.5. The van der Waals surface area contributed by atoms with E-state index in [1.807, 2.05) is 18.2 Å². The quantitative estimate of drug-likeness (QED) is 0.855. The summed E-state index contributed by atoms with van der Waals surface area (Å²) in [6.07, 6.45) is 0. The van der Waals surface area contributed by atoms with Crippen LogP contribution in [0.1, 0.15) is 49.3 Å². The molecule has 2 aromatic rings.